The predicted molar refractivity (Wildman–Crippen MR) is 85.5 cm³/mol. The molecule has 1 heterocycles. The maximum Gasteiger partial charge on any atom is 0.194 e. The zero-order valence-corrected chi connectivity index (χ0v) is 13.0. The summed E-state index contributed by atoms with van der Waals surface area (Å²) in [7, 11) is 0. The van der Waals surface area contributed by atoms with Crippen LogP contribution in [0.2, 0.25) is 0 Å². The first kappa shape index (κ1) is 15.3. The molecular weight excluding hydrogens is 281 g/mol. The molecule has 0 spiro atoms. The standard InChI is InChI=1S/C17H24FN3O/c1-2-19-17(21-9-7-12(22)8-10-21)20-16-11-14(16)13-5-3-4-6-15(13)18/h3-6,12,14,16,22H,2,7-11H2,1H3,(H,19,20). The first-order valence-electron chi connectivity index (χ1n) is 8.17. The number of guanidine groups is 1. The van der Waals surface area contributed by atoms with E-state index in [0.29, 0.717) is 0 Å². The first-order valence-corrected chi connectivity index (χ1v) is 8.17. The zero-order chi connectivity index (χ0) is 15.5. The van der Waals surface area contributed by atoms with Gasteiger partial charge in [0.1, 0.15) is 5.82 Å². The molecule has 2 atom stereocenters. The van der Waals surface area contributed by atoms with Gasteiger partial charge in [-0.3, -0.25) is 4.99 Å². The van der Waals surface area contributed by atoms with Crippen LogP contribution in [0.4, 0.5) is 4.39 Å². The van der Waals surface area contributed by atoms with Gasteiger partial charge in [0.25, 0.3) is 0 Å². The lowest BCUT2D eigenvalue weighted by molar-refractivity contribution is 0.108. The van der Waals surface area contributed by atoms with Gasteiger partial charge in [0.2, 0.25) is 0 Å². The minimum absolute atomic E-state index is 0.119. The summed E-state index contributed by atoms with van der Waals surface area (Å²) >= 11 is 0. The fraction of sp³-hybridized carbons (Fsp3) is 0.588. The Labute approximate surface area is 131 Å². The molecule has 2 N–H and O–H groups in total. The number of piperidine rings is 1. The van der Waals surface area contributed by atoms with E-state index in [2.05, 4.69) is 15.2 Å². The van der Waals surface area contributed by atoms with Crippen LogP contribution in [0.15, 0.2) is 29.3 Å². The number of aliphatic imine (C=N–C) groups is 1. The monoisotopic (exact) mass is 305 g/mol. The van der Waals surface area contributed by atoms with Gasteiger partial charge in [0, 0.05) is 31.6 Å². The Morgan fingerprint density at radius 1 is 1.36 bits per heavy atom. The van der Waals surface area contributed by atoms with E-state index in [0.717, 1.165) is 50.4 Å². The molecule has 22 heavy (non-hydrogen) atoms. The summed E-state index contributed by atoms with van der Waals surface area (Å²) in [6, 6.07) is 7.27. The van der Waals surface area contributed by atoms with Crippen molar-refractivity contribution in [1.82, 2.24) is 10.2 Å². The van der Waals surface area contributed by atoms with E-state index in [1.54, 1.807) is 6.07 Å². The minimum atomic E-state index is -0.189. The van der Waals surface area contributed by atoms with Crippen molar-refractivity contribution in [2.75, 3.05) is 19.6 Å². The predicted octanol–water partition coefficient (Wildman–Crippen LogP) is 2.10. The second-order valence-corrected chi connectivity index (χ2v) is 6.13. The van der Waals surface area contributed by atoms with Crippen LogP contribution in [0, 0.1) is 5.82 Å². The Balaban J connectivity index is 1.62. The van der Waals surface area contributed by atoms with E-state index >= 15 is 0 Å². The SMILES string of the molecule is CCN=C(NC1CC1c1ccccc1F)N1CCC(O)CC1. The lowest BCUT2D eigenvalue weighted by Crippen LogP contribution is -2.47. The third kappa shape index (κ3) is 3.40. The topological polar surface area (TPSA) is 47.9 Å². The summed E-state index contributed by atoms with van der Waals surface area (Å²) in [4.78, 5) is 6.76. The number of aliphatic hydroxyl groups is 1. The van der Waals surface area contributed by atoms with Crippen molar-refractivity contribution in [2.24, 2.45) is 4.99 Å². The third-order valence-electron chi connectivity index (χ3n) is 4.48. The number of likely N-dealkylation sites (tertiary alicyclic amines) is 1. The number of aliphatic hydroxyl groups excluding tert-OH is 1. The van der Waals surface area contributed by atoms with Gasteiger partial charge in [-0.05, 0) is 37.8 Å². The smallest absolute Gasteiger partial charge is 0.194 e. The number of hydrogen-bond donors (Lipinski definition) is 2. The Kier molecular flexibility index (Phi) is 4.62. The molecule has 2 fully saturated rings. The number of halogens is 1. The quantitative estimate of drug-likeness (QED) is 0.664. The van der Waals surface area contributed by atoms with E-state index in [4.69, 9.17) is 0 Å². The van der Waals surface area contributed by atoms with Crippen molar-refractivity contribution in [3.05, 3.63) is 35.6 Å². The average Bonchev–Trinajstić information content (AvgIpc) is 3.27. The summed E-state index contributed by atoms with van der Waals surface area (Å²) < 4.78 is 13.8. The molecule has 0 amide bonds. The average molecular weight is 305 g/mol. The molecule has 0 radical (unpaired) electrons. The van der Waals surface area contributed by atoms with Crippen LogP contribution in [-0.4, -0.2) is 47.7 Å². The molecule has 0 bridgehead atoms. The highest BCUT2D eigenvalue weighted by Gasteiger charge is 2.41. The lowest BCUT2D eigenvalue weighted by atomic mass is 10.1. The van der Waals surface area contributed by atoms with E-state index in [-0.39, 0.29) is 23.9 Å². The number of rotatable bonds is 3. The molecule has 120 valence electrons. The van der Waals surface area contributed by atoms with Gasteiger partial charge in [-0.2, -0.15) is 0 Å². The highest BCUT2D eigenvalue weighted by atomic mass is 19.1. The Morgan fingerprint density at radius 2 is 2.09 bits per heavy atom. The molecule has 1 aliphatic heterocycles. The second kappa shape index (κ2) is 6.65. The van der Waals surface area contributed by atoms with E-state index in [1.165, 1.54) is 6.07 Å². The van der Waals surface area contributed by atoms with E-state index in [1.807, 2.05) is 19.1 Å². The van der Waals surface area contributed by atoms with Crippen LogP contribution in [-0.2, 0) is 0 Å². The first-order chi connectivity index (χ1) is 10.7. The normalized spacial score (nSPS) is 26.1. The van der Waals surface area contributed by atoms with Gasteiger partial charge < -0.3 is 15.3 Å². The second-order valence-electron chi connectivity index (χ2n) is 6.13. The highest BCUT2D eigenvalue weighted by Crippen LogP contribution is 2.41. The minimum Gasteiger partial charge on any atom is -0.393 e. The molecule has 2 aliphatic rings. The van der Waals surface area contributed by atoms with Crippen LogP contribution >= 0.6 is 0 Å². The Bertz CT molecular complexity index is 540. The molecular formula is C17H24FN3O. The molecule has 4 nitrogen and oxygen atoms in total. The molecule has 1 aliphatic carbocycles. The van der Waals surface area contributed by atoms with Gasteiger partial charge in [-0.15, -0.1) is 0 Å². The summed E-state index contributed by atoms with van der Waals surface area (Å²) in [5, 5.41) is 13.1. The van der Waals surface area contributed by atoms with Crippen molar-refractivity contribution < 1.29 is 9.50 Å². The van der Waals surface area contributed by atoms with E-state index < -0.39 is 0 Å². The number of benzene rings is 1. The molecule has 2 unspecified atom stereocenters. The fourth-order valence-electron chi connectivity index (χ4n) is 3.10. The van der Waals surface area contributed by atoms with Crippen molar-refractivity contribution in [1.29, 1.82) is 0 Å². The number of nitrogens with zero attached hydrogens (tertiary/aromatic N) is 2. The molecule has 5 heteroatoms. The van der Waals surface area contributed by atoms with Crippen LogP contribution in [0.25, 0.3) is 0 Å². The van der Waals surface area contributed by atoms with Gasteiger partial charge >= 0.3 is 0 Å². The number of hydrogen-bond acceptors (Lipinski definition) is 2. The zero-order valence-electron chi connectivity index (χ0n) is 13.0. The van der Waals surface area contributed by atoms with E-state index in [9.17, 15) is 9.50 Å². The van der Waals surface area contributed by atoms with Crippen LogP contribution in [0.3, 0.4) is 0 Å². The van der Waals surface area contributed by atoms with Crippen molar-refractivity contribution in [2.45, 2.75) is 44.2 Å². The Hall–Kier alpha value is -1.62. The van der Waals surface area contributed by atoms with Gasteiger partial charge in [0.05, 0.1) is 6.10 Å². The lowest BCUT2D eigenvalue weighted by Gasteiger charge is -2.32. The molecule has 0 aromatic heterocycles. The molecule has 1 aromatic carbocycles. The maximum absolute atomic E-state index is 13.8. The van der Waals surface area contributed by atoms with Gasteiger partial charge in [-0.1, -0.05) is 18.2 Å². The van der Waals surface area contributed by atoms with Crippen molar-refractivity contribution in [3.8, 4) is 0 Å². The molecule has 3 rings (SSSR count). The van der Waals surface area contributed by atoms with Gasteiger partial charge in [0.15, 0.2) is 5.96 Å². The van der Waals surface area contributed by atoms with Crippen LogP contribution in [0.5, 0.6) is 0 Å². The maximum atomic E-state index is 13.8. The molecule has 1 saturated carbocycles. The summed E-state index contributed by atoms with van der Waals surface area (Å²) in [5.74, 6) is 1.02. The Morgan fingerprint density at radius 3 is 2.77 bits per heavy atom. The van der Waals surface area contributed by atoms with Crippen LogP contribution in [0.1, 0.15) is 37.7 Å². The van der Waals surface area contributed by atoms with Crippen molar-refractivity contribution >= 4 is 5.96 Å². The molecule has 1 aromatic rings. The van der Waals surface area contributed by atoms with Crippen LogP contribution < -0.4 is 5.32 Å². The summed E-state index contributed by atoms with van der Waals surface area (Å²) in [6.07, 6.45) is 2.32. The van der Waals surface area contributed by atoms with Crippen molar-refractivity contribution in [3.63, 3.8) is 0 Å². The summed E-state index contributed by atoms with van der Waals surface area (Å²) in [6.45, 7) is 4.38. The van der Waals surface area contributed by atoms with Gasteiger partial charge in [-0.25, -0.2) is 4.39 Å². The largest absolute Gasteiger partial charge is 0.393 e. The highest BCUT2D eigenvalue weighted by molar-refractivity contribution is 5.81. The molecule has 1 saturated heterocycles. The third-order valence-corrected chi connectivity index (χ3v) is 4.48. The number of nitrogens with one attached hydrogen (secondary N) is 1. The summed E-state index contributed by atoms with van der Waals surface area (Å²) in [5.41, 5.74) is 0.796. The fourth-order valence-corrected chi connectivity index (χ4v) is 3.10.